The van der Waals surface area contributed by atoms with Gasteiger partial charge in [-0.1, -0.05) is 19.1 Å². The first-order valence-electron chi connectivity index (χ1n) is 6.19. The molecule has 3 nitrogen and oxygen atoms in total. The molecule has 0 spiro atoms. The van der Waals surface area contributed by atoms with Gasteiger partial charge in [-0.05, 0) is 24.9 Å². The zero-order chi connectivity index (χ0) is 13.1. The molecule has 96 valence electrons. The highest BCUT2D eigenvalue weighted by molar-refractivity contribution is 5.34. The Labute approximate surface area is 106 Å². The summed E-state index contributed by atoms with van der Waals surface area (Å²) in [6, 6.07) is 6.71. The van der Waals surface area contributed by atoms with Crippen LogP contribution in [0.15, 0.2) is 18.2 Å². The molecule has 2 unspecified atom stereocenters. The number of piperidine rings is 1. The Morgan fingerprint density at radius 2 is 2.33 bits per heavy atom. The van der Waals surface area contributed by atoms with Crippen LogP contribution < -0.4 is 0 Å². The van der Waals surface area contributed by atoms with Crippen LogP contribution in [0.4, 0.5) is 4.39 Å². The van der Waals surface area contributed by atoms with E-state index in [1.807, 2.05) is 17.9 Å². The fraction of sp³-hybridized carbons (Fsp3) is 0.500. The van der Waals surface area contributed by atoms with Gasteiger partial charge in [-0.2, -0.15) is 5.26 Å². The van der Waals surface area contributed by atoms with Crippen molar-refractivity contribution in [3.63, 3.8) is 0 Å². The molecule has 1 aliphatic heterocycles. The molecular weight excluding hydrogens is 231 g/mol. The second-order valence-electron chi connectivity index (χ2n) is 4.96. The Bertz CT molecular complexity index is 469. The van der Waals surface area contributed by atoms with Crippen LogP contribution in [0, 0.1) is 23.1 Å². The molecule has 1 aromatic carbocycles. The van der Waals surface area contributed by atoms with Crippen LogP contribution in [-0.2, 0) is 6.54 Å². The zero-order valence-electron chi connectivity index (χ0n) is 10.4. The third-order valence-electron chi connectivity index (χ3n) is 3.60. The summed E-state index contributed by atoms with van der Waals surface area (Å²) in [5.41, 5.74) is 0.606. The van der Waals surface area contributed by atoms with E-state index in [-0.39, 0.29) is 11.7 Å². The number of rotatable bonds is 2. The van der Waals surface area contributed by atoms with Crippen molar-refractivity contribution >= 4 is 0 Å². The van der Waals surface area contributed by atoms with E-state index in [9.17, 15) is 9.50 Å². The first-order valence-corrected chi connectivity index (χ1v) is 6.19. The molecule has 0 bridgehead atoms. The summed E-state index contributed by atoms with van der Waals surface area (Å²) in [7, 11) is 0. The number of likely N-dealkylation sites (tertiary alicyclic amines) is 1. The molecular formula is C14H17FN2O. The topological polar surface area (TPSA) is 47.3 Å². The minimum absolute atomic E-state index is 0.0819. The summed E-state index contributed by atoms with van der Waals surface area (Å²) in [6.45, 7) is 3.90. The van der Waals surface area contributed by atoms with Gasteiger partial charge < -0.3 is 5.11 Å². The van der Waals surface area contributed by atoms with Crippen molar-refractivity contribution in [2.75, 3.05) is 13.1 Å². The fourth-order valence-electron chi connectivity index (χ4n) is 2.29. The number of nitrogens with zero attached hydrogens (tertiary/aromatic N) is 2. The van der Waals surface area contributed by atoms with Gasteiger partial charge in [0.25, 0.3) is 0 Å². The molecule has 4 heteroatoms. The lowest BCUT2D eigenvalue weighted by Crippen LogP contribution is -2.42. The average molecular weight is 248 g/mol. The second kappa shape index (κ2) is 5.47. The number of aliphatic hydroxyl groups is 1. The van der Waals surface area contributed by atoms with Gasteiger partial charge >= 0.3 is 0 Å². The van der Waals surface area contributed by atoms with Gasteiger partial charge in [-0.15, -0.1) is 0 Å². The molecule has 0 radical (unpaired) electrons. The molecule has 1 N–H and O–H groups in total. The Morgan fingerprint density at radius 1 is 1.56 bits per heavy atom. The number of benzene rings is 1. The Kier molecular flexibility index (Phi) is 3.95. The summed E-state index contributed by atoms with van der Waals surface area (Å²) in [5, 5.41) is 18.6. The quantitative estimate of drug-likeness (QED) is 0.869. The van der Waals surface area contributed by atoms with Crippen LogP contribution in [0.2, 0.25) is 0 Å². The standard InChI is InChI=1S/C14H17FN2O/c1-10-5-6-17(9-13(10)18)8-12-4-2-3-11(7-16)14(12)15/h2-4,10,13,18H,5-6,8-9H2,1H3. The van der Waals surface area contributed by atoms with Crippen LogP contribution >= 0.6 is 0 Å². The predicted molar refractivity (Wildman–Crippen MR) is 66.2 cm³/mol. The summed E-state index contributed by atoms with van der Waals surface area (Å²) in [6.07, 6.45) is 0.571. The first-order chi connectivity index (χ1) is 8.61. The van der Waals surface area contributed by atoms with E-state index in [2.05, 4.69) is 0 Å². The monoisotopic (exact) mass is 248 g/mol. The normalized spacial score (nSPS) is 24.8. The molecule has 0 aromatic heterocycles. The Hall–Kier alpha value is -1.44. The fourth-order valence-corrected chi connectivity index (χ4v) is 2.29. The lowest BCUT2D eigenvalue weighted by atomic mass is 9.95. The summed E-state index contributed by atoms with van der Waals surface area (Å²) >= 11 is 0. The zero-order valence-corrected chi connectivity index (χ0v) is 10.4. The molecule has 2 atom stereocenters. The maximum Gasteiger partial charge on any atom is 0.145 e. The third kappa shape index (κ3) is 2.69. The van der Waals surface area contributed by atoms with Crippen molar-refractivity contribution in [3.8, 4) is 6.07 Å². The summed E-state index contributed by atoms with van der Waals surface area (Å²) in [4.78, 5) is 2.03. The molecule has 1 saturated heterocycles. The highest BCUT2D eigenvalue weighted by atomic mass is 19.1. The number of hydrogen-bond acceptors (Lipinski definition) is 3. The molecule has 18 heavy (non-hydrogen) atoms. The SMILES string of the molecule is CC1CCN(Cc2cccc(C#N)c2F)CC1O. The van der Waals surface area contributed by atoms with Crippen molar-refractivity contribution in [1.82, 2.24) is 4.90 Å². The average Bonchev–Trinajstić information content (AvgIpc) is 2.36. The highest BCUT2D eigenvalue weighted by Crippen LogP contribution is 2.20. The molecule has 0 aliphatic carbocycles. The van der Waals surface area contributed by atoms with E-state index >= 15 is 0 Å². The lowest BCUT2D eigenvalue weighted by molar-refractivity contribution is 0.0255. The van der Waals surface area contributed by atoms with Gasteiger partial charge in [0.05, 0.1) is 11.7 Å². The number of aliphatic hydroxyl groups excluding tert-OH is 1. The van der Waals surface area contributed by atoms with Crippen LogP contribution in [0.5, 0.6) is 0 Å². The summed E-state index contributed by atoms with van der Waals surface area (Å²) in [5.74, 6) is -0.135. The van der Waals surface area contributed by atoms with Gasteiger partial charge in [0.2, 0.25) is 0 Å². The molecule has 1 aromatic rings. The highest BCUT2D eigenvalue weighted by Gasteiger charge is 2.24. The van der Waals surface area contributed by atoms with Crippen LogP contribution in [0.1, 0.15) is 24.5 Å². The van der Waals surface area contributed by atoms with Gasteiger partial charge in [0.15, 0.2) is 0 Å². The van der Waals surface area contributed by atoms with Crippen LogP contribution in [0.3, 0.4) is 0 Å². The lowest BCUT2D eigenvalue weighted by Gasteiger charge is -2.34. The minimum Gasteiger partial charge on any atom is -0.392 e. The van der Waals surface area contributed by atoms with Crippen molar-refractivity contribution in [1.29, 1.82) is 5.26 Å². The van der Waals surface area contributed by atoms with Crippen LogP contribution in [0.25, 0.3) is 0 Å². The van der Waals surface area contributed by atoms with Gasteiger partial charge in [0.1, 0.15) is 11.9 Å². The number of halogens is 1. The van der Waals surface area contributed by atoms with Crippen LogP contribution in [-0.4, -0.2) is 29.2 Å². The Morgan fingerprint density at radius 3 is 3.00 bits per heavy atom. The molecule has 1 heterocycles. The van der Waals surface area contributed by atoms with E-state index in [0.717, 1.165) is 13.0 Å². The van der Waals surface area contributed by atoms with E-state index in [4.69, 9.17) is 5.26 Å². The van der Waals surface area contributed by atoms with Gasteiger partial charge in [0, 0.05) is 18.7 Å². The van der Waals surface area contributed by atoms with Gasteiger partial charge in [-0.25, -0.2) is 4.39 Å². The maximum absolute atomic E-state index is 13.9. The van der Waals surface area contributed by atoms with E-state index in [1.165, 1.54) is 6.07 Å². The van der Waals surface area contributed by atoms with E-state index in [0.29, 0.717) is 24.6 Å². The maximum atomic E-state index is 13.9. The smallest absolute Gasteiger partial charge is 0.145 e. The van der Waals surface area contributed by atoms with E-state index < -0.39 is 5.82 Å². The molecule has 2 rings (SSSR count). The first kappa shape index (κ1) is 13.0. The molecule has 0 amide bonds. The van der Waals surface area contributed by atoms with Crippen molar-refractivity contribution in [2.45, 2.75) is 26.0 Å². The summed E-state index contributed by atoms with van der Waals surface area (Å²) < 4.78 is 13.9. The van der Waals surface area contributed by atoms with Crippen molar-refractivity contribution in [2.24, 2.45) is 5.92 Å². The minimum atomic E-state index is -0.437. The van der Waals surface area contributed by atoms with Crippen molar-refractivity contribution < 1.29 is 9.50 Å². The molecule has 1 aliphatic rings. The van der Waals surface area contributed by atoms with E-state index in [1.54, 1.807) is 12.1 Å². The Balaban J connectivity index is 2.09. The molecule has 0 saturated carbocycles. The largest absolute Gasteiger partial charge is 0.392 e. The third-order valence-corrected chi connectivity index (χ3v) is 3.60. The van der Waals surface area contributed by atoms with Gasteiger partial charge in [-0.3, -0.25) is 4.90 Å². The number of hydrogen-bond donors (Lipinski definition) is 1. The second-order valence-corrected chi connectivity index (χ2v) is 4.96. The number of β-amino-alcohol motifs (C(OH)–C–C–N with tert-alkyl or cyclic N) is 1. The molecule has 1 fully saturated rings. The predicted octanol–water partition coefficient (Wildman–Crippen LogP) is 1.90. The number of nitriles is 1. The van der Waals surface area contributed by atoms with Crippen molar-refractivity contribution in [3.05, 3.63) is 35.1 Å².